The van der Waals surface area contributed by atoms with E-state index in [0.29, 0.717) is 13.0 Å². The van der Waals surface area contributed by atoms with E-state index in [1.54, 1.807) is 36.1 Å². The third kappa shape index (κ3) is 3.94. The van der Waals surface area contributed by atoms with Crippen LogP contribution in [0.5, 0.6) is 0 Å². The van der Waals surface area contributed by atoms with Gasteiger partial charge in [0.25, 0.3) is 0 Å². The number of benzene rings is 1. The molecule has 0 aliphatic carbocycles. The number of nitrogens with zero attached hydrogens (tertiary/aromatic N) is 4. The van der Waals surface area contributed by atoms with E-state index in [1.165, 1.54) is 5.56 Å². The van der Waals surface area contributed by atoms with Gasteiger partial charge in [0, 0.05) is 53.4 Å². The Morgan fingerprint density at radius 3 is 2.44 bits per heavy atom. The molecule has 3 aromatic heterocycles. The highest BCUT2D eigenvalue weighted by Gasteiger charge is 2.33. The maximum Gasteiger partial charge on any atom is 0.227 e. The molecule has 4 aromatic rings. The van der Waals surface area contributed by atoms with Gasteiger partial charge in [-0.25, -0.2) is 4.98 Å². The average molecular weight is 441 g/mol. The van der Waals surface area contributed by atoms with Crippen LogP contribution in [0.4, 0.5) is 5.69 Å². The molecule has 0 fully saturated rings. The first-order chi connectivity index (χ1) is 15.5. The van der Waals surface area contributed by atoms with Gasteiger partial charge in [-0.1, -0.05) is 19.9 Å². The molecule has 6 heteroatoms. The van der Waals surface area contributed by atoms with E-state index in [-0.39, 0.29) is 11.3 Å². The summed E-state index contributed by atoms with van der Waals surface area (Å²) in [5.41, 5.74) is 6.24. The number of hydrogen-bond acceptors (Lipinski definition) is 5. The van der Waals surface area contributed by atoms with Crippen molar-refractivity contribution in [1.82, 2.24) is 15.0 Å². The first-order valence-corrected chi connectivity index (χ1v) is 11.6. The Hall–Kier alpha value is -3.38. The van der Waals surface area contributed by atoms with Crippen LogP contribution in [-0.2, 0) is 16.8 Å². The van der Waals surface area contributed by atoms with Crippen LogP contribution in [0.25, 0.3) is 21.8 Å². The predicted octanol–water partition coefficient (Wildman–Crippen LogP) is 5.87. The minimum Gasteiger partial charge on any atom is -0.308 e. The Balaban J connectivity index is 1.55. The number of hydrogen-bond donors (Lipinski definition) is 0. The minimum atomic E-state index is -0.113. The van der Waals surface area contributed by atoms with E-state index in [0.717, 1.165) is 39.5 Å². The lowest BCUT2D eigenvalue weighted by atomic mass is 9.79. The smallest absolute Gasteiger partial charge is 0.227 e. The van der Waals surface area contributed by atoms with E-state index in [1.807, 2.05) is 29.2 Å². The summed E-state index contributed by atoms with van der Waals surface area (Å²) in [5.74, 6) is 0.162. The molecule has 0 bridgehead atoms. The largest absolute Gasteiger partial charge is 0.308 e. The van der Waals surface area contributed by atoms with Gasteiger partial charge in [-0.2, -0.15) is 0 Å². The topological polar surface area (TPSA) is 59.0 Å². The molecule has 0 radical (unpaired) electrons. The second kappa shape index (κ2) is 8.28. The Labute approximate surface area is 191 Å². The van der Waals surface area contributed by atoms with E-state index in [2.05, 4.69) is 47.4 Å². The molecule has 4 heterocycles. The van der Waals surface area contributed by atoms with Gasteiger partial charge >= 0.3 is 0 Å². The zero-order valence-electron chi connectivity index (χ0n) is 18.2. The lowest BCUT2D eigenvalue weighted by Gasteiger charge is -2.28. The average Bonchev–Trinajstić information content (AvgIpc) is 3.29. The molecule has 1 aliphatic heterocycles. The fourth-order valence-corrected chi connectivity index (χ4v) is 5.01. The quantitative estimate of drug-likeness (QED) is 0.398. The second-order valence-corrected chi connectivity index (χ2v) is 9.58. The molecule has 1 aromatic carbocycles. The number of pyridine rings is 2. The summed E-state index contributed by atoms with van der Waals surface area (Å²) in [6, 6.07) is 14.3. The molecular formula is C26H24N4OS. The Morgan fingerprint density at radius 1 is 0.969 bits per heavy atom. The molecule has 0 unspecified atom stereocenters. The molecule has 1 aliphatic rings. The van der Waals surface area contributed by atoms with Crippen molar-refractivity contribution in [2.75, 3.05) is 4.90 Å². The van der Waals surface area contributed by atoms with Gasteiger partial charge in [0.2, 0.25) is 5.91 Å². The van der Waals surface area contributed by atoms with Crippen molar-refractivity contribution in [3.63, 3.8) is 0 Å². The third-order valence-electron chi connectivity index (χ3n) is 6.10. The minimum absolute atomic E-state index is 0.113. The van der Waals surface area contributed by atoms with Gasteiger partial charge < -0.3 is 4.90 Å². The molecule has 0 atom stereocenters. The normalized spacial score (nSPS) is 15.3. The highest BCUT2D eigenvalue weighted by molar-refractivity contribution is 7.13. The summed E-state index contributed by atoms with van der Waals surface area (Å²) >= 11 is 1.63. The summed E-state index contributed by atoms with van der Waals surface area (Å²) in [7, 11) is 0. The molecule has 0 saturated carbocycles. The van der Waals surface area contributed by atoms with Crippen LogP contribution in [0.15, 0.2) is 72.6 Å². The number of carbonyl (C=O) groups is 1. The Morgan fingerprint density at radius 2 is 1.69 bits per heavy atom. The predicted molar refractivity (Wildman–Crippen MR) is 128 cm³/mol. The van der Waals surface area contributed by atoms with Gasteiger partial charge in [0.1, 0.15) is 5.01 Å². The van der Waals surface area contributed by atoms with Crippen molar-refractivity contribution in [2.24, 2.45) is 0 Å². The highest BCUT2D eigenvalue weighted by Crippen LogP contribution is 2.42. The number of fused-ring (bicyclic) bond motifs is 1. The molecule has 0 saturated heterocycles. The number of aromatic nitrogens is 3. The van der Waals surface area contributed by atoms with E-state index in [4.69, 9.17) is 4.98 Å². The first-order valence-electron chi connectivity index (χ1n) is 10.7. The maximum absolute atomic E-state index is 13.1. The van der Waals surface area contributed by atoms with Crippen molar-refractivity contribution < 1.29 is 4.79 Å². The molecule has 5 rings (SSSR count). The van der Waals surface area contributed by atoms with Crippen molar-refractivity contribution in [2.45, 2.75) is 38.6 Å². The standard InChI is InChI=1S/C26H24N4OS/c1-26(2)10-5-24(31)30(16-18-6-11-27-12-7-18)23-4-3-20(15-21(23)26)22-17-32-25(29-22)19-8-13-28-14-9-19/h3-4,6-9,11-15,17H,5,10,16H2,1-2H3. The fourth-order valence-electron chi connectivity index (χ4n) is 4.17. The molecule has 0 spiro atoms. The Bertz CT molecular complexity index is 1250. The van der Waals surface area contributed by atoms with Crippen molar-refractivity contribution in [3.8, 4) is 21.8 Å². The van der Waals surface area contributed by atoms with E-state index in [9.17, 15) is 4.79 Å². The number of anilines is 1. The third-order valence-corrected chi connectivity index (χ3v) is 6.99. The fraction of sp³-hybridized carbons (Fsp3) is 0.231. The number of carbonyl (C=O) groups excluding carboxylic acids is 1. The van der Waals surface area contributed by atoms with Crippen molar-refractivity contribution >= 4 is 22.9 Å². The van der Waals surface area contributed by atoms with Crippen LogP contribution in [0.3, 0.4) is 0 Å². The summed E-state index contributed by atoms with van der Waals surface area (Å²) in [5, 5.41) is 3.08. The van der Waals surface area contributed by atoms with Crippen LogP contribution in [0, 0.1) is 0 Å². The van der Waals surface area contributed by atoms with Gasteiger partial charge in [0.05, 0.1) is 12.2 Å². The summed E-state index contributed by atoms with van der Waals surface area (Å²) < 4.78 is 0. The number of amides is 1. The van der Waals surface area contributed by atoms with Gasteiger partial charge in [-0.3, -0.25) is 14.8 Å². The molecule has 0 N–H and O–H groups in total. The van der Waals surface area contributed by atoms with Gasteiger partial charge in [-0.05, 0) is 59.4 Å². The van der Waals surface area contributed by atoms with E-state index >= 15 is 0 Å². The lowest BCUT2D eigenvalue weighted by Crippen LogP contribution is -2.29. The van der Waals surface area contributed by atoms with Crippen LogP contribution in [0.1, 0.15) is 37.8 Å². The highest BCUT2D eigenvalue weighted by atomic mass is 32.1. The van der Waals surface area contributed by atoms with Gasteiger partial charge in [-0.15, -0.1) is 11.3 Å². The second-order valence-electron chi connectivity index (χ2n) is 8.72. The zero-order valence-corrected chi connectivity index (χ0v) is 19.0. The van der Waals surface area contributed by atoms with Crippen LogP contribution in [0.2, 0.25) is 0 Å². The number of thiazole rings is 1. The van der Waals surface area contributed by atoms with E-state index < -0.39 is 0 Å². The Kier molecular flexibility index (Phi) is 5.31. The first kappa shape index (κ1) is 20.5. The summed E-state index contributed by atoms with van der Waals surface area (Å²) in [4.78, 5) is 28.1. The monoisotopic (exact) mass is 440 g/mol. The van der Waals surface area contributed by atoms with Crippen LogP contribution >= 0.6 is 11.3 Å². The lowest BCUT2D eigenvalue weighted by molar-refractivity contribution is -0.118. The van der Waals surface area contributed by atoms with Gasteiger partial charge in [0.15, 0.2) is 0 Å². The molecule has 5 nitrogen and oxygen atoms in total. The SMILES string of the molecule is CC1(C)CCC(=O)N(Cc2ccncc2)c2ccc(-c3csc(-c4ccncc4)n3)cc21. The van der Waals surface area contributed by atoms with Crippen molar-refractivity contribution in [1.29, 1.82) is 0 Å². The summed E-state index contributed by atoms with van der Waals surface area (Å²) in [6.45, 7) is 5.00. The van der Waals surface area contributed by atoms with Crippen molar-refractivity contribution in [3.05, 3.63) is 83.8 Å². The van der Waals surface area contributed by atoms with Crippen LogP contribution < -0.4 is 4.90 Å². The molecule has 160 valence electrons. The molecular weight excluding hydrogens is 416 g/mol. The molecule has 1 amide bonds. The summed E-state index contributed by atoms with van der Waals surface area (Å²) in [6.07, 6.45) is 8.47. The number of rotatable bonds is 4. The molecule has 32 heavy (non-hydrogen) atoms. The maximum atomic E-state index is 13.1. The van der Waals surface area contributed by atoms with Crippen LogP contribution in [-0.4, -0.2) is 20.9 Å². The zero-order chi connectivity index (χ0) is 22.1.